The number of aliphatic hydroxyl groups excluding tert-OH is 1. The van der Waals surface area contributed by atoms with E-state index < -0.39 is 6.10 Å². The maximum Gasteiger partial charge on any atom is 0.168 e. The minimum absolute atomic E-state index is 0.0922. The quantitative estimate of drug-likeness (QED) is 0.718. The zero-order valence-electron chi connectivity index (χ0n) is 14.8. The molecular weight excluding hydrogens is 308 g/mol. The van der Waals surface area contributed by atoms with Crippen LogP contribution in [0.2, 0.25) is 0 Å². The van der Waals surface area contributed by atoms with Crippen molar-refractivity contribution in [3.05, 3.63) is 71.8 Å². The number of carbonyl (C=O) groups is 1. The molecule has 132 valence electrons. The summed E-state index contributed by atoms with van der Waals surface area (Å²) in [6, 6.07) is 19.7. The lowest BCUT2D eigenvalue weighted by molar-refractivity contribution is 0.0286. The topological polar surface area (TPSA) is 37.3 Å². The largest absolute Gasteiger partial charge is 0.392 e. The molecule has 0 amide bonds. The molecule has 2 aromatic rings. The number of hydrogen-bond donors (Lipinski definition) is 1. The van der Waals surface area contributed by atoms with E-state index >= 15 is 0 Å². The first-order valence-corrected chi connectivity index (χ1v) is 9.57. The smallest absolute Gasteiger partial charge is 0.168 e. The summed E-state index contributed by atoms with van der Waals surface area (Å²) in [7, 11) is 0. The number of Topliss-reactive ketones (excluding diaryl/α,β-unsaturated/α-hetero) is 1. The van der Waals surface area contributed by atoms with Crippen LogP contribution >= 0.6 is 0 Å². The van der Waals surface area contributed by atoms with Crippen molar-refractivity contribution in [2.45, 2.75) is 51.0 Å². The van der Waals surface area contributed by atoms with Gasteiger partial charge >= 0.3 is 0 Å². The van der Waals surface area contributed by atoms with Crippen molar-refractivity contribution in [3.8, 4) is 0 Å². The van der Waals surface area contributed by atoms with Gasteiger partial charge in [-0.1, -0.05) is 79.9 Å². The second kappa shape index (κ2) is 8.96. The second-order valence-electron chi connectivity index (χ2n) is 7.25. The Morgan fingerprint density at radius 2 is 1.52 bits per heavy atom. The minimum Gasteiger partial charge on any atom is -0.392 e. The van der Waals surface area contributed by atoms with E-state index in [4.69, 9.17) is 0 Å². The van der Waals surface area contributed by atoms with Crippen LogP contribution in [0.15, 0.2) is 60.7 Å². The predicted molar refractivity (Wildman–Crippen MR) is 102 cm³/mol. The van der Waals surface area contributed by atoms with Gasteiger partial charge in [-0.05, 0) is 37.2 Å². The molecule has 0 aromatic heterocycles. The number of hydrogen-bond acceptors (Lipinski definition) is 2. The van der Waals surface area contributed by atoms with E-state index in [2.05, 4.69) is 12.1 Å². The third-order valence-electron chi connectivity index (χ3n) is 5.53. The summed E-state index contributed by atoms with van der Waals surface area (Å²) in [5.74, 6) is 0.0440. The molecule has 0 unspecified atom stereocenters. The van der Waals surface area contributed by atoms with Crippen molar-refractivity contribution in [2.24, 2.45) is 11.8 Å². The van der Waals surface area contributed by atoms with Crippen LogP contribution in [-0.2, 0) is 6.42 Å². The van der Waals surface area contributed by atoms with Crippen molar-refractivity contribution in [3.63, 3.8) is 0 Å². The molecule has 1 saturated carbocycles. The van der Waals surface area contributed by atoms with Gasteiger partial charge in [0.15, 0.2) is 5.78 Å². The van der Waals surface area contributed by atoms with E-state index in [1.54, 1.807) is 0 Å². The van der Waals surface area contributed by atoms with Gasteiger partial charge in [0.25, 0.3) is 0 Å². The van der Waals surface area contributed by atoms with Crippen LogP contribution in [0, 0.1) is 11.8 Å². The zero-order chi connectivity index (χ0) is 17.5. The molecule has 0 bridgehead atoms. The summed E-state index contributed by atoms with van der Waals surface area (Å²) in [5.41, 5.74) is 1.94. The molecule has 0 spiro atoms. The molecule has 25 heavy (non-hydrogen) atoms. The molecule has 0 radical (unpaired) electrons. The van der Waals surface area contributed by atoms with Crippen LogP contribution in [-0.4, -0.2) is 17.0 Å². The van der Waals surface area contributed by atoms with Gasteiger partial charge in [-0.3, -0.25) is 4.79 Å². The summed E-state index contributed by atoms with van der Waals surface area (Å²) in [5, 5.41) is 11.0. The highest BCUT2D eigenvalue weighted by Crippen LogP contribution is 2.32. The van der Waals surface area contributed by atoms with Gasteiger partial charge < -0.3 is 5.11 Å². The van der Waals surface area contributed by atoms with Crippen LogP contribution in [0.3, 0.4) is 0 Å². The van der Waals surface area contributed by atoms with Crippen molar-refractivity contribution in [2.75, 3.05) is 0 Å². The van der Waals surface area contributed by atoms with Gasteiger partial charge in [0.1, 0.15) is 0 Å². The van der Waals surface area contributed by atoms with Gasteiger partial charge in [0.05, 0.1) is 6.10 Å². The average Bonchev–Trinajstić information content (AvgIpc) is 2.70. The third kappa shape index (κ3) is 4.79. The molecule has 1 N–H and O–H groups in total. The maximum absolute atomic E-state index is 13.1. The molecular formula is C23H28O2. The van der Waals surface area contributed by atoms with E-state index in [9.17, 15) is 9.90 Å². The highest BCUT2D eigenvalue weighted by molar-refractivity contribution is 5.98. The summed E-state index contributed by atoms with van der Waals surface area (Å²) < 4.78 is 0. The molecule has 1 aliphatic carbocycles. The fourth-order valence-corrected chi connectivity index (χ4v) is 4.04. The molecule has 3 rings (SSSR count). The fourth-order valence-electron chi connectivity index (χ4n) is 4.04. The lowest BCUT2D eigenvalue weighted by atomic mass is 9.76. The van der Waals surface area contributed by atoms with Crippen molar-refractivity contribution >= 4 is 5.78 Å². The lowest BCUT2D eigenvalue weighted by Crippen LogP contribution is -2.36. The standard InChI is InChI=1S/C23H28O2/c24-22(19-12-6-2-7-13-19)21(17-16-18-10-4-1-5-11-18)23(25)20-14-8-3-9-15-20/h1-2,4-7,10-13,20-21,23,25H,3,8-9,14-17H2/t21-,23+/m1/s1. The first kappa shape index (κ1) is 17.9. The highest BCUT2D eigenvalue weighted by Gasteiger charge is 2.33. The molecule has 0 aliphatic heterocycles. The number of ketones is 1. The molecule has 2 heteroatoms. The van der Waals surface area contributed by atoms with E-state index in [1.807, 2.05) is 48.5 Å². The summed E-state index contributed by atoms with van der Waals surface area (Å²) >= 11 is 0. The zero-order valence-corrected chi connectivity index (χ0v) is 14.8. The Labute approximate surface area is 150 Å². The molecule has 2 nitrogen and oxygen atoms in total. The maximum atomic E-state index is 13.1. The van der Waals surface area contributed by atoms with Crippen LogP contribution in [0.4, 0.5) is 0 Å². The average molecular weight is 336 g/mol. The van der Waals surface area contributed by atoms with Gasteiger partial charge in [0.2, 0.25) is 0 Å². The van der Waals surface area contributed by atoms with Gasteiger partial charge in [-0.15, -0.1) is 0 Å². The lowest BCUT2D eigenvalue weighted by Gasteiger charge is -2.32. The molecule has 2 atom stereocenters. The van der Waals surface area contributed by atoms with Gasteiger partial charge in [0, 0.05) is 11.5 Å². The summed E-state index contributed by atoms with van der Waals surface area (Å²) in [6.45, 7) is 0. The number of carbonyl (C=O) groups excluding carboxylic acids is 1. The number of benzene rings is 2. The first-order chi connectivity index (χ1) is 12.3. The Balaban J connectivity index is 1.76. The predicted octanol–water partition coefficient (Wildman–Crippen LogP) is 5.06. The van der Waals surface area contributed by atoms with Crippen molar-refractivity contribution in [1.82, 2.24) is 0 Å². The van der Waals surface area contributed by atoms with Crippen LogP contribution in [0.1, 0.15) is 54.4 Å². The van der Waals surface area contributed by atoms with Crippen LogP contribution < -0.4 is 0 Å². The third-order valence-corrected chi connectivity index (χ3v) is 5.53. The van der Waals surface area contributed by atoms with Crippen molar-refractivity contribution in [1.29, 1.82) is 0 Å². The Hall–Kier alpha value is -1.93. The normalized spacial score (nSPS) is 17.8. The highest BCUT2D eigenvalue weighted by atomic mass is 16.3. The van der Waals surface area contributed by atoms with E-state index in [0.717, 1.165) is 24.8 Å². The van der Waals surface area contributed by atoms with E-state index in [0.29, 0.717) is 6.42 Å². The number of aryl methyl sites for hydroxylation is 1. The Bertz CT molecular complexity index is 644. The van der Waals surface area contributed by atoms with Gasteiger partial charge in [-0.25, -0.2) is 0 Å². The van der Waals surface area contributed by atoms with Crippen molar-refractivity contribution < 1.29 is 9.90 Å². The Morgan fingerprint density at radius 1 is 0.920 bits per heavy atom. The number of rotatable bonds is 7. The van der Waals surface area contributed by atoms with Gasteiger partial charge in [-0.2, -0.15) is 0 Å². The molecule has 0 saturated heterocycles. The fraction of sp³-hybridized carbons (Fsp3) is 0.435. The second-order valence-corrected chi connectivity index (χ2v) is 7.25. The van der Waals surface area contributed by atoms with E-state index in [-0.39, 0.29) is 17.6 Å². The van der Waals surface area contributed by atoms with Crippen LogP contribution in [0.5, 0.6) is 0 Å². The Morgan fingerprint density at radius 3 is 2.16 bits per heavy atom. The van der Waals surface area contributed by atoms with Crippen LogP contribution in [0.25, 0.3) is 0 Å². The SMILES string of the molecule is O=C(c1ccccc1)[C@@H](CCc1ccccc1)[C@@H](O)C1CCCCC1. The molecule has 2 aromatic carbocycles. The first-order valence-electron chi connectivity index (χ1n) is 9.57. The molecule has 1 aliphatic rings. The van der Waals surface area contributed by atoms with E-state index in [1.165, 1.54) is 24.8 Å². The number of aliphatic hydroxyl groups is 1. The summed E-state index contributed by atoms with van der Waals surface area (Å²) in [6.07, 6.45) is 6.69. The summed E-state index contributed by atoms with van der Waals surface area (Å²) in [4.78, 5) is 13.1. The molecule has 0 heterocycles. The molecule has 1 fully saturated rings. The monoisotopic (exact) mass is 336 g/mol. The minimum atomic E-state index is -0.531. The Kier molecular flexibility index (Phi) is 6.41.